The Morgan fingerprint density at radius 3 is 2.55 bits per heavy atom. The van der Waals surface area contributed by atoms with Crippen molar-refractivity contribution in [1.29, 1.82) is 0 Å². The van der Waals surface area contributed by atoms with Crippen LogP contribution in [0, 0.1) is 0 Å². The maximum absolute atomic E-state index is 12.4. The number of benzene rings is 1. The normalized spacial score (nSPS) is 15.1. The molecule has 1 aromatic heterocycles. The Hall–Kier alpha value is -3.07. The second-order valence-electron chi connectivity index (χ2n) is 7.58. The number of sulfonamides is 1. The maximum Gasteiger partial charge on any atom is 0.285 e. The molecule has 152 valence electrons. The number of hydrogen-bond donors (Lipinski definition) is 1. The highest BCUT2D eigenvalue weighted by molar-refractivity contribution is 7.90. The van der Waals surface area contributed by atoms with Crippen molar-refractivity contribution in [2.24, 2.45) is 9.50 Å². The Labute approximate surface area is 170 Å². The molecule has 8 nitrogen and oxygen atoms in total. The molecule has 2 heterocycles. The third-order valence-electron chi connectivity index (χ3n) is 3.97. The van der Waals surface area contributed by atoms with E-state index in [4.69, 9.17) is 0 Å². The van der Waals surface area contributed by atoms with E-state index in [0.717, 1.165) is 5.56 Å². The van der Waals surface area contributed by atoms with E-state index < -0.39 is 10.0 Å². The molecule has 1 aliphatic rings. The zero-order chi connectivity index (χ0) is 21.1. The molecule has 9 heteroatoms. The maximum atomic E-state index is 12.4. The minimum Gasteiger partial charge on any atom is -0.351 e. The summed E-state index contributed by atoms with van der Waals surface area (Å²) in [4.78, 5) is 16.4. The van der Waals surface area contributed by atoms with Gasteiger partial charge >= 0.3 is 0 Å². The van der Waals surface area contributed by atoms with Crippen LogP contribution in [0.3, 0.4) is 0 Å². The van der Waals surface area contributed by atoms with Gasteiger partial charge in [0.15, 0.2) is 5.84 Å². The van der Waals surface area contributed by atoms with Crippen LogP contribution in [0.5, 0.6) is 0 Å². The number of amidine groups is 1. The first-order valence-electron chi connectivity index (χ1n) is 9.13. The van der Waals surface area contributed by atoms with Gasteiger partial charge in [-0.05, 0) is 50.6 Å². The van der Waals surface area contributed by atoms with Gasteiger partial charge in [-0.25, -0.2) is 5.01 Å². The average Bonchev–Trinajstić information content (AvgIpc) is 2.93. The van der Waals surface area contributed by atoms with Crippen LogP contribution in [0.4, 0.5) is 0 Å². The summed E-state index contributed by atoms with van der Waals surface area (Å²) in [5.74, 6) is 0.0471. The van der Waals surface area contributed by atoms with Crippen LogP contribution < -0.4 is 5.32 Å². The van der Waals surface area contributed by atoms with E-state index in [1.165, 1.54) is 11.1 Å². The van der Waals surface area contributed by atoms with Gasteiger partial charge in [0.1, 0.15) is 4.90 Å². The number of carbonyl (C=O) groups is 1. The highest BCUT2D eigenvalue weighted by atomic mass is 32.2. The van der Waals surface area contributed by atoms with Crippen LogP contribution >= 0.6 is 0 Å². The van der Waals surface area contributed by atoms with Crippen molar-refractivity contribution in [1.82, 2.24) is 15.3 Å². The van der Waals surface area contributed by atoms with Gasteiger partial charge in [0.25, 0.3) is 10.0 Å². The van der Waals surface area contributed by atoms with E-state index in [1.54, 1.807) is 48.9 Å². The van der Waals surface area contributed by atoms with E-state index in [1.807, 2.05) is 20.8 Å². The molecule has 1 amide bonds. The molecule has 3 rings (SSSR count). The van der Waals surface area contributed by atoms with Gasteiger partial charge in [-0.1, -0.05) is 12.1 Å². The van der Waals surface area contributed by atoms with Crippen LogP contribution in [0.15, 0.2) is 63.2 Å². The standard InChI is InChI=1S/C20H23N5O3S/c1-20(2,3)23-18(26)10-13-25(22-14-15-8-11-21-12-9-15)19-16-6-4-5-7-17(16)29(27,28)24-19/h4-9,11-12,14H,10,13H2,1-3H3,(H,23,26)/b22-14-. The predicted octanol–water partition coefficient (Wildman–Crippen LogP) is 2.17. The summed E-state index contributed by atoms with van der Waals surface area (Å²) in [5, 5.41) is 8.76. The van der Waals surface area contributed by atoms with E-state index in [-0.39, 0.29) is 35.1 Å². The third kappa shape index (κ3) is 5.26. The summed E-state index contributed by atoms with van der Waals surface area (Å²) in [6, 6.07) is 10.1. The summed E-state index contributed by atoms with van der Waals surface area (Å²) >= 11 is 0. The van der Waals surface area contributed by atoms with Crippen molar-refractivity contribution in [3.8, 4) is 0 Å². The third-order valence-corrected chi connectivity index (χ3v) is 5.30. The zero-order valence-corrected chi connectivity index (χ0v) is 17.3. The monoisotopic (exact) mass is 413 g/mol. The molecule has 1 N–H and O–H groups in total. The summed E-state index contributed by atoms with van der Waals surface area (Å²) in [7, 11) is -3.79. The van der Waals surface area contributed by atoms with Crippen molar-refractivity contribution in [3.05, 3.63) is 59.9 Å². The molecule has 1 aliphatic heterocycles. The molecule has 1 aromatic carbocycles. The number of nitrogens with one attached hydrogen (secondary N) is 1. The second-order valence-corrected chi connectivity index (χ2v) is 9.16. The number of nitrogens with zero attached hydrogens (tertiary/aromatic N) is 4. The van der Waals surface area contributed by atoms with Gasteiger partial charge in [-0.2, -0.15) is 13.5 Å². The summed E-state index contributed by atoms with van der Waals surface area (Å²) in [6.45, 7) is 5.86. The van der Waals surface area contributed by atoms with E-state index in [2.05, 4.69) is 19.8 Å². The van der Waals surface area contributed by atoms with Gasteiger partial charge in [0, 0.05) is 29.9 Å². The van der Waals surface area contributed by atoms with E-state index >= 15 is 0 Å². The van der Waals surface area contributed by atoms with Crippen LogP contribution in [-0.4, -0.2) is 48.5 Å². The molecule has 0 saturated carbocycles. The predicted molar refractivity (Wildman–Crippen MR) is 111 cm³/mol. The van der Waals surface area contributed by atoms with Crippen molar-refractivity contribution < 1.29 is 13.2 Å². The number of amides is 1. The molecule has 2 aromatic rings. The highest BCUT2D eigenvalue weighted by Crippen LogP contribution is 2.27. The molecule has 0 saturated heterocycles. The lowest BCUT2D eigenvalue weighted by Crippen LogP contribution is -2.42. The number of carbonyl (C=O) groups excluding carboxylic acids is 1. The smallest absolute Gasteiger partial charge is 0.285 e. The van der Waals surface area contributed by atoms with E-state index in [0.29, 0.717) is 5.56 Å². The Morgan fingerprint density at radius 1 is 1.17 bits per heavy atom. The summed E-state index contributed by atoms with van der Waals surface area (Å²) in [5.41, 5.74) is 0.901. The molecule has 29 heavy (non-hydrogen) atoms. The Balaban J connectivity index is 1.89. The number of fused-ring (bicyclic) bond motifs is 1. The van der Waals surface area contributed by atoms with Crippen molar-refractivity contribution in [2.45, 2.75) is 37.6 Å². The molecular weight excluding hydrogens is 390 g/mol. The first-order valence-corrected chi connectivity index (χ1v) is 10.6. The van der Waals surface area contributed by atoms with Crippen LogP contribution in [0.1, 0.15) is 38.3 Å². The first-order chi connectivity index (χ1) is 13.7. The highest BCUT2D eigenvalue weighted by Gasteiger charge is 2.32. The largest absolute Gasteiger partial charge is 0.351 e. The molecule has 0 unspecified atom stereocenters. The fourth-order valence-electron chi connectivity index (χ4n) is 2.77. The SMILES string of the molecule is CC(C)(C)NC(=O)CCN(/N=C\c1ccncc1)C1=NS(=O)(=O)c2ccccc21. The molecule has 0 radical (unpaired) electrons. The van der Waals surface area contributed by atoms with Gasteiger partial charge in [-0.3, -0.25) is 9.78 Å². The van der Waals surface area contributed by atoms with Gasteiger partial charge in [0.05, 0.1) is 12.8 Å². The fourth-order valence-corrected chi connectivity index (χ4v) is 3.97. The lowest BCUT2D eigenvalue weighted by molar-refractivity contribution is -0.122. The van der Waals surface area contributed by atoms with Crippen molar-refractivity contribution >= 4 is 28.0 Å². The fraction of sp³-hybridized carbons (Fsp3) is 0.300. The minimum absolute atomic E-state index is 0.131. The lowest BCUT2D eigenvalue weighted by atomic mass is 10.1. The van der Waals surface area contributed by atoms with E-state index in [9.17, 15) is 13.2 Å². The Kier molecular flexibility index (Phi) is 5.78. The van der Waals surface area contributed by atoms with Gasteiger partial charge < -0.3 is 5.32 Å². The number of hydrogen-bond acceptors (Lipinski definition) is 6. The zero-order valence-electron chi connectivity index (χ0n) is 16.5. The number of pyridine rings is 1. The van der Waals surface area contributed by atoms with Crippen molar-refractivity contribution in [2.75, 3.05) is 6.54 Å². The van der Waals surface area contributed by atoms with Crippen LogP contribution in [0.2, 0.25) is 0 Å². The number of aromatic nitrogens is 1. The van der Waals surface area contributed by atoms with Crippen molar-refractivity contribution in [3.63, 3.8) is 0 Å². The van der Waals surface area contributed by atoms with Gasteiger partial charge in [-0.15, -0.1) is 4.40 Å². The summed E-state index contributed by atoms with van der Waals surface area (Å²) in [6.07, 6.45) is 4.98. The quantitative estimate of drug-likeness (QED) is 0.598. The van der Waals surface area contributed by atoms with Gasteiger partial charge in [0.2, 0.25) is 5.91 Å². The molecule has 0 atom stereocenters. The minimum atomic E-state index is -3.79. The Morgan fingerprint density at radius 2 is 1.86 bits per heavy atom. The van der Waals surface area contributed by atoms with Crippen LogP contribution in [-0.2, 0) is 14.8 Å². The molecule has 0 fully saturated rings. The average molecular weight is 414 g/mol. The molecule has 0 spiro atoms. The first kappa shape index (κ1) is 20.7. The molecular formula is C20H23N5O3S. The number of rotatable bonds is 5. The second kappa shape index (κ2) is 8.12. The number of hydrazone groups is 1. The summed E-state index contributed by atoms with van der Waals surface area (Å²) < 4.78 is 28.7. The molecule has 0 aliphatic carbocycles. The Bertz CT molecular complexity index is 1060. The lowest BCUT2D eigenvalue weighted by Gasteiger charge is -2.22. The van der Waals surface area contributed by atoms with Crippen LogP contribution in [0.25, 0.3) is 0 Å². The topological polar surface area (TPSA) is 104 Å². The molecule has 0 bridgehead atoms.